The minimum absolute atomic E-state index is 0.354. The molecule has 4 rings (SSSR count). The van der Waals surface area contributed by atoms with Gasteiger partial charge in [-0.2, -0.15) is 0 Å². The first-order valence-electron chi connectivity index (χ1n) is 10.4. The number of hydrogen-bond acceptors (Lipinski definition) is 7. The summed E-state index contributed by atoms with van der Waals surface area (Å²) >= 11 is 6.11. The lowest BCUT2D eigenvalue weighted by Crippen LogP contribution is -2.25. The monoisotopic (exact) mass is 442 g/mol. The normalized spacial score (nSPS) is 16.5. The molecule has 164 valence electrons. The van der Waals surface area contributed by atoms with Crippen LogP contribution in [0.25, 0.3) is 10.9 Å². The third-order valence-electron chi connectivity index (χ3n) is 5.45. The molecule has 1 aliphatic rings. The topological polar surface area (TPSA) is 68.7 Å². The van der Waals surface area contributed by atoms with Gasteiger partial charge in [-0.3, -0.25) is 0 Å². The predicted octanol–water partition coefficient (Wildman–Crippen LogP) is 4.53. The van der Waals surface area contributed by atoms with Crippen LogP contribution < -0.4 is 14.8 Å². The van der Waals surface area contributed by atoms with E-state index in [9.17, 15) is 0 Å². The number of nitrogens with zero attached hydrogens (tertiary/aromatic N) is 3. The molecule has 0 spiro atoms. The summed E-state index contributed by atoms with van der Waals surface area (Å²) in [4.78, 5) is 11.2. The fraction of sp³-hybridized carbons (Fsp3) is 0.391. The molecule has 1 N–H and O–H groups in total. The summed E-state index contributed by atoms with van der Waals surface area (Å²) in [5.74, 6) is 2.01. The van der Waals surface area contributed by atoms with Crippen molar-refractivity contribution >= 4 is 34.0 Å². The molecule has 3 aromatic rings. The fourth-order valence-corrected chi connectivity index (χ4v) is 3.99. The van der Waals surface area contributed by atoms with E-state index in [1.54, 1.807) is 14.2 Å². The van der Waals surface area contributed by atoms with Crippen LogP contribution in [0.3, 0.4) is 0 Å². The van der Waals surface area contributed by atoms with E-state index < -0.39 is 0 Å². The number of ether oxygens (including phenoxy) is 3. The number of likely N-dealkylation sites (tertiary alicyclic amines) is 1. The number of halogens is 1. The molecule has 1 saturated heterocycles. The van der Waals surface area contributed by atoms with Crippen LogP contribution in [0.4, 0.5) is 11.5 Å². The van der Waals surface area contributed by atoms with Crippen LogP contribution in [0.2, 0.25) is 5.02 Å². The van der Waals surface area contributed by atoms with Gasteiger partial charge >= 0.3 is 0 Å². The standard InChI is InChI=1S/C23H27ClN4O3/c1-29-18-7-9-28(14-18)8-4-10-31-22-12-19-20(13-21(22)30-2)25-15-26-23(19)27-17-6-3-5-16(24)11-17/h3,5-6,11-13,15,18H,4,7-10,14H2,1-2H3,(H,25,26,27)/t18-/m1/s1. The van der Waals surface area contributed by atoms with Crippen LogP contribution >= 0.6 is 11.6 Å². The highest BCUT2D eigenvalue weighted by Crippen LogP contribution is 2.35. The summed E-state index contributed by atoms with van der Waals surface area (Å²) in [7, 11) is 3.41. The fourth-order valence-electron chi connectivity index (χ4n) is 3.80. The Bertz CT molecular complexity index is 1030. The SMILES string of the molecule is COc1cc2ncnc(Nc3cccc(Cl)c3)c2cc1OCCCN1CC[C@@H](OC)C1. The van der Waals surface area contributed by atoms with Crippen molar-refractivity contribution in [2.24, 2.45) is 0 Å². The van der Waals surface area contributed by atoms with Gasteiger partial charge in [0.2, 0.25) is 0 Å². The molecule has 0 aliphatic carbocycles. The van der Waals surface area contributed by atoms with Gasteiger partial charge in [0.05, 0.1) is 25.3 Å². The molecular weight excluding hydrogens is 416 g/mol. The van der Waals surface area contributed by atoms with E-state index in [1.165, 1.54) is 6.33 Å². The Morgan fingerprint density at radius 3 is 2.84 bits per heavy atom. The zero-order valence-corrected chi connectivity index (χ0v) is 18.6. The molecule has 0 unspecified atom stereocenters. The van der Waals surface area contributed by atoms with E-state index in [0.29, 0.717) is 35.1 Å². The van der Waals surface area contributed by atoms with E-state index in [-0.39, 0.29) is 0 Å². The second kappa shape index (κ2) is 10.1. The van der Waals surface area contributed by atoms with Crippen molar-refractivity contribution in [1.82, 2.24) is 14.9 Å². The van der Waals surface area contributed by atoms with Crippen molar-refractivity contribution in [3.8, 4) is 11.5 Å². The average molecular weight is 443 g/mol. The molecule has 0 amide bonds. The predicted molar refractivity (Wildman–Crippen MR) is 123 cm³/mol. The van der Waals surface area contributed by atoms with Gasteiger partial charge in [0.15, 0.2) is 11.5 Å². The van der Waals surface area contributed by atoms with E-state index in [4.69, 9.17) is 25.8 Å². The number of benzene rings is 2. The molecule has 0 bridgehead atoms. The van der Waals surface area contributed by atoms with Crippen molar-refractivity contribution < 1.29 is 14.2 Å². The summed E-state index contributed by atoms with van der Waals surface area (Å²) in [5.41, 5.74) is 1.62. The molecular formula is C23H27ClN4O3. The summed E-state index contributed by atoms with van der Waals surface area (Å²) < 4.78 is 17.1. The number of rotatable bonds is 9. The smallest absolute Gasteiger partial charge is 0.162 e. The van der Waals surface area contributed by atoms with Gasteiger partial charge in [-0.1, -0.05) is 17.7 Å². The number of hydrogen-bond donors (Lipinski definition) is 1. The molecule has 2 heterocycles. The van der Waals surface area contributed by atoms with Crippen molar-refractivity contribution in [1.29, 1.82) is 0 Å². The highest BCUT2D eigenvalue weighted by Gasteiger charge is 2.21. The zero-order chi connectivity index (χ0) is 21.6. The second-order valence-electron chi connectivity index (χ2n) is 7.53. The molecule has 0 saturated carbocycles. The lowest BCUT2D eigenvalue weighted by Gasteiger charge is -2.17. The quantitative estimate of drug-likeness (QED) is 0.488. The summed E-state index contributed by atoms with van der Waals surface area (Å²) in [6.45, 7) is 3.65. The summed E-state index contributed by atoms with van der Waals surface area (Å²) in [6, 6.07) is 11.3. The molecule has 8 heteroatoms. The molecule has 1 fully saturated rings. The second-order valence-corrected chi connectivity index (χ2v) is 7.96. The number of aromatic nitrogens is 2. The Morgan fingerprint density at radius 1 is 1.16 bits per heavy atom. The molecule has 0 radical (unpaired) electrons. The third-order valence-corrected chi connectivity index (χ3v) is 5.68. The number of anilines is 2. The van der Waals surface area contributed by atoms with E-state index in [1.807, 2.05) is 36.4 Å². The summed E-state index contributed by atoms with van der Waals surface area (Å²) in [5, 5.41) is 4.82. The van der Waals surface area contributed by atoms with Gasteiger partial charge in [-0.25, -0.2) is 9.97 Å². The van der Waals surface area contributed by atoms with Crippen LogP contribution in [0, 0.1) is 0 Å². The van der Waals surface area contributed by atoms with Crippen LogP contribution in [-0.4, -0.2) is 61.4 Å². The molecule has 7 nitrogen and oxygen atoms in total. The van der Waals surface area contributed by atoms with Crippen LogP contribution in [0.15, 0.2) is 42.7 Å². The minimum atomic E-state index is 0.354. The van der Waals surface area contributed by atoms with Crippen molar-refractivity contribution in [2.75, 3.05) is 45.8 Å². The first-order valence-corrected chi connectivity index (χ1v) is 10.8. The first kappa shape index (κ1) is 21.6. The van der Waals surface area contributed by atoms with Crippen LogP contribution in [0.1, 0.15) is 12.8 Å². The molecule has 1 aliphatic heterocycles. The van der Waals surface area contributed by atoms with Gasteiger partial charge in [0.25, 0.3) is 0 Å². The molecule has 1 aromatic heterocycles. The zero-order valence-electron chi connectivity index (χ0n) is 17.8. The lowest BCUT2D eigenvalue weighted by atomic mass is 10.2. The Balaban J connectivity index is 1.47. The highest BCUT2D eigenvalue weighted by molar-refractivity contribution is 6.30. The van der Waals surface area contributed by atoms with Crippen molar-refractivity contribution in [3.05, 3.63) is 47.7 Å². The maximum atomic E-state index is 6.11. The molecule has 1 atom stereocenters. The van der Waals surface area contributed by atoms with Gasteiger partial charge in [-0.15, -0.1) is 0 Å². The van der Waals surface area contributed by atoms with E-state index in [0.717, 1.165) is 49.1 Å². The van der Waals surface area contributed by atoms with Crippen LogP contribution in [0.5, 0.6) is 11.5 Å². The van der Waals surface area contributed by atoms with Crippen molar-refractivity contribution in [3.63, 3.8) is 0 Å². The van der Waals surface area contributed by atoms with E-state index in [2.05, 4.69) is 20.2 Å². The minimum Gasteiger partial charge on any atom is -0.493 e. The maximum absolute atomic E-state index is 6.11. The van der Waals surface area contributed by atoms with E-state index >= 15 is 0 Å². The van der Waals surface area contributed by atoms with Gasteiger partial charge in [0, 0.05) is 48.9 Å². The van der Waals surface area contributed by atoms with Crippen molar-refractivity contribution in [2.45, 2.75) is 18.9 Å². The number of fused-ring (bicyclic) bond motifs is 1. The first-order chi connectivity index (χ1) is 15.2. The lowest BCUT2D eigenvalue weighted by molar-refractivity contribution is 0.107. The van der Waals surface area contributed by atoms with Gasteiger partial charge in [-0.05, 0) is 37.1 Å². The number of methoxy groups -OCH3 is 2. The Hall–Kier alpha value is -2.61. The largest absolute Gasteiger partial charge is 0.493 e. The Kier molecular flexibility index (Phi) is 7.06. The van der Waals surface area contributed by atoms with Gasteiger partial charge in [0.1, 0.15) is 12.1 Å². The van der Waals surface area contributed by atoms with Gasteiger partial charge < -0.3 is 24.4 Å². The van der Waals surface area contributed by atoms with Crippen LogP contribution in [-0.2, 0) is 4.74 Å². The number of nitrogens with one attached hydrogen (secondary N) is 1. The molecule has 31 heavy (non-hydrogen) atoms. The maximum Gasteiger partial charge on any atom is 0.162 e. The highest BCUT2D eigenvalue weighted by atomic mass is 35.5. The Morgan fingerprint density at radius 2 is 2.06 bits per heavy atom. The average Bonchev–Trinajstić information content (AvgIpc) is 3.24. The summed E-state index contributed by atoms with van der Waals surface area (Å²) in [6.07, 6.45) is 3.90. The third kappa shape index (κ3) is 5.36. The Labute approximate surface area is 187 Å². The molecule has 2 aromatic carbocycles.